The molecule has 1 amide bonds. The van der Waals surface area contributed by atoms with E-state index in [-0.39, 0.29) is 11.9 Å². The Labute approximate surface area is 146 Å². The Bertz CT molecular complexity index is 702. The summed E-state index contributed by atoms with van der Waals surface area (Å²) in [6.07, 6.45) is 1.42. The van der Waals surface area contributed by atoms with E-state index in [9.17, 15) is 9.59 Å². The number of unbranched alkanes of at least 4 members (excludes halogenated alkanes) is 1. The van der Waals surface area contributed by atoms with Crippen molar-refractivity contribution < 1.29 is 14.3 Å². The summed E-state index contributed by atoms with van der Waals surface area (Å²) < 4.78 is 5.90. The lowest BCUT2D eigenvalue weighted by Crippen LogP contribution is -2.61. The molecule has 0 bridgehead atoms. The third-order valence-corrected chi connectivity index (χ3v) is 4.34. The van der Waals surface area contributed by atoms with Gasteiger partial charge in [0.15, 0.2) is 0 Å². The SMILES string of the molecule is O=CCCCN1C(=O)[C@@H](Oc2ccccc2)[C@H]1c1ccc(Cl)cc1. The Morgan fingerprint density at radius 2 is 1.79 bits per heavy atom. The Morgan fingerprint density at radius 3 is 2.46 bits per heavy atom. The summed E-state index contributed by atoms with van der Waals surface area (Å²) in [4.78, 5) is 24.8. The van der Waals surface area contributed by atoms with E-state index in [1.807, 2.05) is 54.6 Å². The average molecular weight is 344 g/mol. The molecule has 2 aromatic rings. The molecule has 1 aliphatic rings. The van der Waals surface area contributed by atoms with Crippen LogP contribution in [0.4, 0.5) is 0 Å². The van der Waals surface area contributed by atoms with Crippen LogP contribution in [0.15, 0.2) is 54.6 Å². The summed E-state index contributed by atoms with van der Waals surface area (Å²) in [5, 5.41) is 0.650. The lowest BCUT2D eigenvalue weighted by Gasteiger charge is -2.46. The summed E-state index contributed by atoms with van der Waals surface area (Å²) in [5.41, 5.74) is 0.978. The van der Waals surface area contributed by atoms with Crippen LogP contribution in [0.2, 0.25) is 5.02 Å². The number of rotatable bonds is 7. The average Bonchev–Trinajstić information content (AvgIpc) is 2.62. The van der Waals surface area contributed by atoms with E-state index in [0.717, 1.165) is 11.8 Å². The van der Waals surface area contributed by atoms with Gasteiger partial charge in [-0.15, -0.1) is 0 Å². The number of hydrogen-bond donors (Lipinski definition) is 0. The number of amides is 1. The Morgan fingerprint density at radius 1 is 1.08 bits per heavy atom. The van der Waals surface area contributed by atoms with Crippen molar-refractivity contribution in [3.8, 4) is 5.75 Å². The van der Waals surface area contributed by atoms with Crippen molar-refractivity contribution in [2.24, 2.45) is 0 Å². The number of carbonyl (C=O) groups is 2. The molecular weight excluding hydrogens is 326 g/mol. The van der Waals surface area contributed by atoms with Crippen LogP contribution in [0, 0.1) is 0 Å². The van der Waals surface area contributed by atoms with Gasteiger partial charge >= 0.3 is 0 Å². The van der Waals surface area contributed by atoms with Gasteiger partial charge in [0.05, 0.1) is 0 Å². The summed E-state index contributed by atoms with van der Waals surface area (Å²) >= 11 is 5.96. The number of hydrogen-bond acceptors (Lipinski definition) is 3. The Hall–Kier alpha value is -2.33. The molecule has 0 N–H and O–H groups in total. The van der Waals surface area contributed by atoms with Crippen LogP contribution in [0.1, 0.15) is 24.4 Å². The normalized spacial score (nSPS) is 19.7. The first-order valence-electron chi connectivity index (χ1n) is 7.92. The quantitative estimate of drug-likeness (QED) is 0.438. The minimum absolute atomic E-state index is 0.0512. The van der Waals surface area contributed by atoms with Crippen molar-refractivity contribution in [3.05, 3.63) is 65.2 Å². The number of nitrogens with zero attached hydrogens (tertiary/aromatic N) is 1. The van der Waals surface area contributed by atoms with Crippen molar-refractivity contribution >= 4 is 23.8 Å². The van der Waals surface area contributed by atoms with Gasteiger partial charge in [0.1, 0.15) is 18.1 Å². The number of ether oxygens (including phenoxy) is 1. The summed E-state index contributed by atoms with van der Waals surface area (Å²) in [7, 11) is 0. The molecule has 5 heteroatoms. The van der Waals surface area contributed by atoms with Crippen LogP contribution in [0.25, 0.3) is 0 Å². The molecule has 3 rings (SSSR count). The monoisotopic (exact) mass is 343 g/mol. The second kappa shape index (κ2) is 7.49. The molecule has 1 fully saturated rings. The zero-order valence-electron chi connectivity index (χ0n) is 13.1. The third-order valence-electron chi connectivity index (χ3n) is 4.09. The van der Waals surface area contributed by atoms with Crippen molar-refractivity contribution in [1.82, 2.24) is 4.90 Å². The van der Waals surface area contributed by atoms with E-state index < -0.39 is 6.10 Å². The number of halogens is 1. The molecule has 1 heterocycles. The highest BCUT2D eigenvalue weighted by molar-refractivity contribution is 6.30. The number of carbonyl (C=O) groups excluding carboxylic acids is 2. The topological polar surface area (TPSA) is 46.6 Å². The maximum Gasteiger partial charge on any atom is 0.266 e. The fraction of sp³-hybridized carbons (Fsp3) is 0.263. The van der Waals surface area contributed by atoms with Gasteiger partial charge < -0.3 is 14.4 Å². The maximum absolute atomic E-state index is 12.5. The molecule has 0 aliphatic carbocycles. The predicted molar refractivity (Wildman–Crippen MR) is 92.1 cm³/mol. The summed E-state index contributed by atoms with van der Waals surface area (Å²) in [6.45, 7) is 0.541. The molecule has 2 aromatic carbocycles. The highest BCUT2D eigenvalue weighted by atomic mass is 35.5. The molecule has 0 radical (unpaired) electrons. The van der Waals surface area contributed by atoms with Crippen LogP contribution < -0.4 is 4.74 Å². The Balaban J connectivity index is 1.79. The van der Waals surface area contributed by atoms with Crippen molar-refractivity contribution in [2.75, 3.05) is 6.54 Å². The Kier molecular flexibility index (Phi) is 5.16. The first kappa shape index (κ1) is 16.5. The van der Waals surface area contributed by atoms with E-state index in [1.54, 1.807) is 4.90 Å². The molecular formula is C19H18ClNO3. The summed E-state index contributed by atoms with van der Waals surface area (Å²) in [6, 6.07) is 16.6. The molecule has 0 spiro atoms. The van der Waals surface area contributed by atoms with Crippen LogP contribution >= 0.6 is 11.6 Å². The van der Waals surface area contributed by atoms with Gasteiger partial charge in [0.2, 0.25) is 6.10 Å². The highest BCUT2D eigenvalue weighted by Gasteiger charge is 2.49. The molecule has 0 aromatic heterocycles. The molecule has 2 atom stereocenters. The van der Waals surface area contributed by atoms with Crippen molar-refractivity contribution in [1.29, 1.82) is 0 Å². The second-order valence-corrected chi connectivity index (χ2v) is 6.12. The van der Waals surface area contributed by atoms with Gasteiger partial charge in [-0.1, -0.05) is 41.9 Å². The van der Waals surface area contributed by atoms with Crippen LogP contribution in [0.5, 0.6) is 5.75 Å². The lowest BCUT2D eigenvalue weighted by molar-refractivity contribution is -0.164. The zero-order valence-corrected chi connectivity index (χ0v) is 13.9. The fourth-order valence-electron chi connectivity index (χ4n) is 2.89. The van der Waals surface area contributed by atoms with Crippen molar-refractivity contribution in [3.63, 3.8) is 0 Å². The van der Waals surface area contributed by atoms with Gasteiger partial charge in [-0.05, 0) is 36.2 Å². The second-order valence-electron chi connectivity index (χ2n) is 5.69. The molecule has 0 saturated carbocycles. The number of para-hydroxylation sites is 1. The molecule has 124 valence electrons. The fourth-order valence-corrected chi connectivity index (χ4v) is 3.01. The lowest BCUT2D eigenvalue weighted by atomic mass is 9.90. The van der Waals surface area contributed by atoms with Crippen LogP contribution in [-0.4, -0.2) is 29.7 Å². The zero-order chi connectivity index (χ0) is 16.9. The molecule has 4 nitrogen and oxygen atoms in total. The van der Waals surface area contributed by atoms with Crippen molar-refractivity contribution in [2.45, 2.75) is 25.0 Å². The van der Waals surface area contributed by atoms with E-state index in [2.05, 4.69) is 0 Å². The first-order chi connectivity index (χ1) is 11.7. The van der Waals surface area contributed by atoms with Gasteiger partial charge in [0.25, 0.3) is 5.91 Å². The first-order valence-corrected chi connectivity index (χ1v) is 8.30. The van der Waals surface area contributed by atoms with E-state index in [0.29, 0.717) is 30.2 Å². The van der Waals surface area contributed by atoms with Crippen LogP contribution in [-0.2, 0) is 9.59 Å². The standard InChI is InChI=1S/C19H18ClNO3/c20-15-10-8-14(9-11-15)17-18(24-16-6-2-1-3-7-16)19(23)21(17)12-4-5-13-22/h1-3,6-11,13,17-18H,4-5,12H2/t17-,18+/m1/s1. The number of benzene rings is 2. The van der Waals surface area contributed by atoms with Gasteiger partial charge in [-0.3, -0.25) is 4.79 Å². The smallest absolute Gasteiger partial charge is 0.266 e. The van der Waals surface area contributed by atoms with Crippen LogP contribution in [0.3, 0.4) is 0 Å². The number of likely N-dealkylation sites (tertiary alicyclic amines) is 1. The minimum atomic E-state index is -0.551. The number of β-lactam (4-membered cyclic amide) rings is 1. The highest BCUT2D eigenvalue weighted by Crippen LogP contribution is 2.38. The molecule has 1 aliphatic heterocycles. The largest absolute Gasteiger partial charge is 0.478 e. The summed E-state index contributed by atoms with van der Waals surface area (Å²) in [5.74, 6) is 0.618. The minimum Gasteiger partial charge on any atom is -0.478 e. The number of aldehydes is 1. The third kappa shape index (κ3) is 3.44. The maximum atomic E-state index is 12.5. The molecule has 1 saturated heterocycles. The molecule has 24 heavy (non-hydrogen) atoms. The van der Waals surface area contributed by atoms with Gasteiger partial charge in [-0.25, -0.2) is 0 Å². The van der Waals surface area contributed by atoms with E-state index in [4.69, 9.17) is 16.3 Å². The van der Waals surface area contributed by atoms with Gasteiger partial charge in [0, 0.05) is 18.0 Å². The van der Waals surface area contributed by atoms with Gasteiger partial charge in [-0.2, -0.15) is 0 Å². The predicted octanol–water partition coefficient (Wildman–Crippen LogP) is 3.65. The van der Waals surface area contributed by atoms with E-state index >= 15 is 0 Å². The van der Waals surface area contributed by atoms with E-state index in [1.165, 1.54) is 0 Å². The molecule has 0 unspecified atom stereocenters.